The molecule has 0 spiro atoms. The van der Waals surface area contributed by atoms with Crippen molar-refractivity contribution in [2.24, 2.45) is 0 Å². The number of amides is 2. The van der Waals surface area contributed by atoms with Gasteiger partial charge in [-0.2, -0.15) is 4.98 Å². The molecule has 2 aromatic carbocycles. The van der Waals surface area contributed by atoms with E-state index in [1.165, 1.54) is 23.5 Å². The first-order valence-corrected chi connectivity index (χ1v) is 10.2. The maximum absolute atomic E-state index is 13.1. The largest absolute Gasteiger partial charge is 0.341 e. The minimum atomic E-state index is -0.535. The first-order chi connectivity index (χ1) is 15.0. The third-order valence-corrected chi connectivity index (χ3v) is 5.28. The van der Waals surface area contributed by atoms with Gasteiger partial charge in [-0.05, 0) is 66.9 Å². The van der Waals surface area contributed by atoms with Crippen LogP contribution in [0.3, 0.4) is 0 Å². The quantitative estimate of drug-likeness (QED) is 0.457. The number of nitrogens with one attached hydrogen (secondary N) is 2. The van der Waals surface area contributed by atoms with Crippen molar-refractivity contribution in [3.63, 3.8) is 0 Å². The number of aromatic nitrogens is 2. The number of thiophene rings is 1. The molecule has 0 aliphatic carbocycles. The molecule has 4 aromatic rings. The second kappa shape index (κ2) is 8.88. The van der Waals surface area contributed by atoms with E-state index in [9.17, 15) is 14.0 Å². The highest BCUT2D eigenvalue weighted by Gasteiger charge is 2.18. The summed E-state index contributed by atoms with van der Waals surface area (Å²) in [6.07, 6.45) is 0. The van der Waals surface area contributed by atoms with Crippen LogP contribution in [-0.2, 0) is 0 Å². The Morgan fingerprint density at radius 3 is 2.45 bits per heavy atom. The molecular formula is C22H17FN4O3S. The topological polar surface area (TPSA) is 97.1 Å². The molecule has 4 rings (SSSR count). The molecule has 1 atom stereocenters. The molecule has 1 unspecified atom stereocenters. The van der Waals surface area contributed by atoms with Crippen molar-refractivity contribution >= 4 is 28.8 Å². The van der Waals surface area contributed by atoms with Gasteiger partial charge in [-0.25, -0.2) is 4.39 Å². The molecule has 0 aliphatic rings. The van der Waals surface area contributed by atoms with Crippen LogP contribution in [0.5, 0.6) is 0 Å². The van der Waals surface area contributed by atoms with Crippen LogP contribution in [0.25, 0.3) is 11.4 Å². The SMILES string of the molecule is CC(NC(=O)c1ccc(NC(=O)c2cccs2)cc1)c1nc(-c2ccc(F)cc2)no1. The fourth-order valence-corrected chi connectivity index (χ4v) is 3.39. The molecule has 0 saturated heterocycles. The van der Waals surface area contributed by atoms with E-state index in [1.807, 2.05) is 5.38 Å². The third kappa shape index (κ3) is 4.84. The molecule has 7 nitrogen and oxygen atoms in total. The van der Waals surface area contributed by atoms with E-state index in [0.29, 0.717) is 27.5 Å². The molecule has 2 heterocycles. The van der Waals surface area contributed by atoms with Gasteiger partial charge in [0.25, 0.3) is 11.8 Å². The Morgan fingerprint density at radius 2 is 1.77 bits per heavy atom. The summed E-state index contributed by atoms with van der Waals surface area (Å²) >= 11 is 1.35. The lowest BCUT2D eigenvalue weighted by atomic mass is 10.1. The van der Waals surface area contributed by atoms with Crippen LogP contribution in [-0.4, -0.2) is 22.0 Å². The van der Waals surface area contributed by atoms with Crippen molar-refractivity contribution < 1.29 is 18.5 Å². The van der Waals surface area contributed by atoms with Crippen molar-refractivity contribution in [3.05, 3.63) is 88.2 Å². The van der Waals surface area contributed by atoms with Gasteiger partial charge in [-0.15, -0.1) is 11.3 Å². The zero-order valence-electron chi connectivity index (χ0n) is 16.3. The Morgan fingerprint density at radius 1 is 1.03 bits per heavy atom. The zero-order chi connectivity index (χ0) is 21.8. The highest BCUT2D eigenvalue weighted by molar-refractivity contribution is 7.12. The minimum absolute atomic E-state index is 0.200. The van der Waals surface area contributed by atoms with E-state index in [4.69, 9.17) is 4.52 Å². The molecule has 0 fully saturated rings. The number of hydrogen-bond donors (Lipinski definition) is 2. The molecule has 0 radical (unpaired) electrons. The van der Waals surface area contributed by atoms with Gasteiger partial charge in [0.1, 0.15) is 11.9 Å². The normalized spacial score (nSPS) is 11.7. The molecule has 2 aromatic heterocycles. The first-order valence-electron chi connectivity index (χ1n) is 9.35. The van der Waals surface area contributed by atoms with Crippen LogP contribution < -0.4 is 10.6 Å². The molecule has 31 heavy (non-hydrogen) atoms. The van der Waals surface area contributed by atoms with Crippen molar-refractivity contribution in [2.45, 2.75) is 13.0 Å². The number of rotatable bonds is 6. The average Bonchev–Trinajstić information content (AvgIpc) is 3.47. The molecule has 2 N–H and O–H groups in total. The van der Waals surface area contributed by atoms with Crippen LogP contribution in [0.1, 0.15) is 38.9 Å². The van der Waals surface area contributed by atoms with Crippen LogP contribution in [0.4, 0.5) is 10.1 Å². The lowest BCUT2D eigenvalue weighted by molar-refractivity contribution is 0.0932. The molecule has 0 saturated carbocycles. The third-order valence-electron chi connectivity index (χ3n) is 4.41. The maximum Gasteiger partial charge on any atom is 0.265 e. The van der Waals surface area contributed by atoms with Crippen molar-refractivity contribution in [1.29, 1.82) is 0 Å². The summed E-state index contributed by atoms with van der Waals surface area (Å²) < 4.78 is 18.3. The maximum atomic E-state index is 13.1. The summed E-state index contributed by atoms with van der Waals surface area (Å²) in [6.45, 7) is 1.72. The fourth-order valence-electron chi connectivity index (χ4n) is 2.77. The van der Waals surface area contributed by atoms with Gasteiger partial charge in [-0.1, -0.05) is 11.2 Å². The monoisotopic (exact) mass is 436 g/mol. The lowest BCUT2D eigenvalue weighted by Gasteiger charge is -2.10. The molecular weight excluding hydrogens is 419 g/mol. The second-order valence-corrected chi connectivity index (χ2v) is 7.61. The van der Waals surface area contributed by atoms with Gasteiger partial charge < -0.3 is 15.2 Å². The average molecular weight is 436 g/mol. The van der Waals surface area contributed by atoms with Crippen LogP contribution in [0.2, 0.25) is 0 Å². The predicted molar refractivity (Wildman–Crippen MR) is 114 cm³/mol. The van der Waals surface area contributed by atoms with Crippen LogP contribution in [0, 0.1) is 5.82 Å². The van der Waals surface area contributed by atoms with E-state index in [2.05, 4.69) is 20.8 Å². The van der Waals surface area contributed by atoms with Crippen LogP contribution >= 0.6 is 11.3 Å². The van der Waals surface area contributed by atoms with Gasteiger partial charge in [0.05, 0.1) is 4.88 Å². The minimum Gasteiger partial charge on any atom is -0.341 e. The van der Waals surface area contributed by atoms with E-state index >= 15 is 0 Å². The molecule has 0 aliphatic heterocycles. The fraction of sp³-hybridized carbons (Fsp3) is 0.0909. The van der Waals surface area contributed by atoms with Gasteiger partial charge in [0.2, 0.25) is 11.7 Å². The smallest absolute Gasteiger partial charge is 0.265 e. The highest BCUT2D eigenvalue weighted by atomic mass is 32.1. The Bertz CT molecular complexity index is 1190. The van der Waals surface area contributed by atoms with E-state index < -0.39 is 6.04 Å². The Labute approximate surface area is 180 Å². The standard InChI is InChI=1S/C22H17FN4O3S/c1-13(22-26-19(27-30-22)14-4-8-16(23)9-5-14)24-20(28)15-6-10-17(11-7-15)25-21(29)18-3-2-12-31-18/h2-13H,1H3,(H,24,28)(H,25,29). The number of anilines is 1. The summed E-state index contributed by atoms with van der Waals surface area (Å²) in [5.41, 5.74) is 1.61. The van der Waals surface area contributed by atoms with Gasteiger partial charge in [-0.3, -0.25) is 9.59 Å². The van der Waals surface area contributed by atoms with Crippen molar-refractivity contribution in [3.8, 4) is 11.4 Å². The van der Waals surface area contributed by atoms with Crippen LogP contribution in [0.15, 0.2) is 70.6 Å². The number of nitrogens with zero attached hydrogens (tertiary/aromatic N) is 2. The summed E-state index contributed by atoms with van der Waals surface area (Å²) in [7, 11) is 0. The molecule has 2 amide bonds. The Balaban J connectivity index is 1.37. The van der Waals surface area contributed by atoms with E-state index in [-0.39, 0.29) is 23.5 Å². The van der Waals surface area contributed by atoms with Gasteiger partial charge in [0, 0.05) is 16.8 Å². The Hall–Kier alpha value is -3.85. The number of carbonyl (C=O) groups excluding carboxylic acids is 2. The number of halogens is 1. The highest BCUT2D eigenvalue weighted by Crippen LogP contribution is 2.20. The second-order valence-electron chi connectivity index (χ2n) is 6.67. The summed E-state index contributed by atoms with van der Waals surface area (Å²) in [5, 5.41) is 11.3. The predicted octanol–water partition coefficient (Wildman–Crippen LogP) is 4.68. The van der Waals surface area contributed by atoms with E-state index in [0.717, 1.165) is 0 Å². The first kappa shape index (κ1) is 20.4. The molecule has 0 bridgehead atoms. The number of carbonyl (C=O) groups is 2. The van der Waals surface area contributed by atoms with E-state index in [1.54, 1.807) is 55.5 Å². The zero-order valence-corrected chi connectivity index (χ0v) is 17.2. The van der Waals surface area contributed by atoms with Crippen molar-refractivity contribution in [2.75, 3.05) is 5.32 Å². The van der Waals surface area contributed by atoms with Crippen molar-refractivity contribution in [1.82, 2.24) is 15.5 Å². The summed E-state index contributed by atoms with van der Waals surface area (Å²) in [5.74, 6) is -0.348. The number of hydrogen-bond acceptors (Lipinski definition) is 6. The van der Waals surface area contributed by atoms with Gasteiger partial charge in [0.15, 0.2) is 0 Å². The van der Waals surface area contributed by atoms with Gasteiger partial charge >= 0.3 is 0 Å². The summed E-state index contributed by atoms with van der Waals surface area (Å²) in [4.78, 5) is 29.5. The molecule has 9 heteroatoms. The summed E-state index contributed by atoms with van der Waals surface area (Å²) in [6, 6.07) is 15.3. The molecule has 156 valence electrons. The Kier molecular flexibility index (Phi) is 5.85. The number of benzene rings is 2. The lowest BCUT2D eigenvalue weighted by Crippen LogP contribution is -2.26.